The topological polar surface area (TPSA) is 12.0 Å². The van der Waals surface area contributed by atoms with E-state index in [1.54, 1.807) is 0 Å². The third kappa shape index (κ3) is 5.52. The van der Waals surface area contributed by atoms with E-state index in [1.807, 2.05) is 6.07 Å². The van der Waals surface area contributed by atoms with Crippen molar-refractivity contribution in [1.29, 1.82) is 0 Å². The minimum Gasteiger partial charge on any atom is -0.313 e. The molecule has 1 N–H and O–H groups in total. The number of allylic oxidation sites excluding steroid dienone is 1. The molecule has 0 aliphatic carbocycles. The molecule has 1 nitrogen and oxygen atoms in total. The van der Waals surface area contributed by atoms with Crippen LogP contribution < -0.4 is 5.32 Å². The smallest absolute Gasteiger partial charge is 0.0165 e. The predicted molar refractivity (Wildman–Crippen MR) is 72.4 cm³/mol. The normalized spacial score (nSPS) is 12.2. The zero-order chi connectivity index (χ0) is 11.6. The molecule has 0 aliphatic heterocycles. The van der Waals surface area contributed by atoms with Gasteiger partial charge in [-0.1, -0.05) is 54.1 Å². The lowest BCUT2D eigenvalue weighted by molar-refractivity contribution is 0.740. The molecule has 0 saturated carbocycles. The summed E-state index contributed by atoms with van der Waals surface area (Å²) in [5, 5.41) is 3.42. The van der Waals surface area contributed by atoms with Gasteiger partial charge >= 0.3 is 0 Å². The molecule has 0 spiro atoms. The molecule has 0 radical (unpaired) electrons. The molecule has 1 aromatic rings. The lowest BCUT2D eigenvalue weighted by Gasteiger charge is -2.03. The molecule has 0 unspecified atom stereocenters. The molecule has 0 amide bonds. The van der Waals surface area contributed by atoms with E-state index >= 15 is 0 Å². The van der Waals surface area contributed by atoms with Crippen molar-refractivity contribution >= 4 is 6.08 Å². The van der Waals surface area contributed by atoms with Crippen LogP contribution in [0.3, 0.4) is 0 Å². The highest BCUT2D eigenvalue weighted by Crippen LogP contribution is 2.04. The van der Waals surface area contributed by atoms with Crippen LogP contribution in [-0.2, 0) is 0 Å². The van der Waals surface area contributed by atoms with Crippen molar-refractivity contribution < 1.29 is 0 Å². The fourth-order valence-corrected chi connectivity index (χ4v) is 1.52. The maximum absolute atomic E-state index is 3.42. The van der Waals surface area contributed by atoms with Crippen LogP contribution in [-0.4, -0.2) is 13.1 Å². The van der Waals surface area contributed by atoms with Crippen LogP contribution in [0.25, 0.3) is 6.08 Å². The Morgan fingerprint density at radius 3 is 2.69 bits per heavy atom. The van der Waals surface area contributed by atoms with E-state index in [4.69, 9.17) is 0 Å². The quantitative estimate of drug-likeness (QED) is 0.564. The number of rotatable bonds is 6. The molecule has 0 aromatic heterocycles. The average Bonchev–Trinajstić information content (AvgIpc) is 2.30. The lowest BCUT2D eigenvalue weighted by Crippen LogP contribution is -2.16. The molecule has 0 fully saturated rings. The fourth-order valence-electron chi connectivity index (χ4n) is 1.52. The molecule has 1 heteroatoms. The Balaban J connectivity index is 2.29. The Hall–Kier alpha value is -1.34. The van der Waals surface area contributed by atoms with Gasteiger partial charge in [-0.25, -0.2) is 0 Å². The molecular weight excluding hydrogens is 194 g/mol. The monoisotopic (exact) mass is 215 g/mol. The summed E-state index contributed by atoms with van der Waals surface area (Å²) in [6.45, 7) is 6.23. The standard InChI is InChI=1S/C15H21N/c1-3-4-8-11-16-13-14(2)12-15-9-6-5-7-10-15/h3-7,9-10,12,16H,8,11,13H2,1-2H3/b4-3+,14-12+. The Labute approximate surface area is 98.9 Å². The van der Waals surface area contributed by atoms with Crippen molar-refractivity contribution in [3.8, 4) is 0 Å². The highest BCUT2D eigenvalue weighted by molar-refractivity contribution is 5.52. The van der Waals surface area contributed by atoms with Crippen LogP contribution in [0, 0.1) is 0 Å². The van der Waals surface area contributed by atoms with Gasteiger partial charge < -0.3 is 5.32 Å². The van der Waals surface area contributed by atoms with Crippen LogP contribution in [0.5, 0.6) is 0 Å². The van der Waals surface area contributed by atoms with Gasteiger partial charge in [0.25, 0.3) is 0 Å². The van der Waals surface area contributed by atoms with Gasteiger partial charge in [-0.3, -0.25) is 0 Å². The van der Waals surface area contributed by atoms with Gasteiger partial charge in [-0.2, -0.15) is 0 Å². The minimum absolute atomic E-state index is 0.965. The molecule has 1 aromatic carbocycles. The van der Waals surface area contributed by atoms with Crippen molar-refractivity contribution in [2.75, 3.05) is 13.1 Å². The van der Waals surface area contributed by atoms with Crippen LogP contribution in [0.15, 0.2) is 48.1 Å². The molecule has 1 rings (SSSR count). The number of benzene rings is 1. The fraction of sp³-hybridized carbons (Fsp3) is 0.333. The minimum atomic E-state index is 0.965. The zero-order valence-electron chi connectivity index (χ0n) is 10.2. The lowest BCUT2D eigenvalue weighted by atomic mass is 10.1. The summed E-state index contributed by atoms with van der Waals surface area (Å²) in [5.74, 6) is 0. The van der Waals surface area contributed by atoms with Crippen LogP contribution in [0.4, 0.5) is 0 Å². The van der Waals surface area contributed by atoms with Crippen molar-refractivity contribution in [2.24, 2.45) is 0 Å². The maximum Gasteiger partial charge on any atom is 0.0165 e. The van der Waals surface area contributed by atoms with Gasteiger partial charge in [0, 0.05) is 6.54 Å². The maximum atomic E-state index is 3.42. The summed E-state index contributed by atoms with van der Waals surface area (Å²) in [7, 11) is 0. The molecule has 0 aliphatic rings. The van der Waals surface area contributed by atoms with Gasteiger partial charge in [0.1, 0.15) is 0 Å². The molecule has 0 bridgehead atoms. The van der Waals surface area contributed by atoms with E-state index in [9.17, 15) is 0 Å². The van der Waals surface area contributed by atoms with E-state index in [0.717, 1.165) is 19.5 Å². The molecule has 0 heterocycles. The highest BCUT2D eigenvalue weighted by Gasteiger charge is 1.90. The van der Waals surface area contributed by atoms with Crippen LogP contribution in [0.1, 0.15) is 25.8 Å². The zero-order valence-corrected chi connectivity index (χ0v) is 10.2. The van der Waals surface area contributed by atoms with E-state index in [0.29, 0.717) is 0 Å². The van der Waals surface area contributed by atoms with Crippen molar-refractivity contribution in [3.63, 3.8) is 0 Å². The Morgan fingerprint density at radius 2 is 2.00 bits per heavy atom. The second-order valence-electron chi connectivity index (χ2n) is 3.94. The first-order valence-corrected chi connectivity index (χ1v) is 5.87. The third-order valence-electron chi connectivity index (χ3n) is 2.34. The number of nitrogens with one attached hydrogen (secondary N) is 1. The number of hydrogen-bond donors (Lipinski definition) is 1. The molecule has 0 saturated heterocycles. The van der Waals surface area contributed by atoms with Crippen LogP contribution >= 0.6 is 0 Å². The molecule has 86 valence electrons. The first-order valence-electron chi connectivity index (χ1n) is 5.87. The van der Waals surface area contributed by atoms with Gasteiger partial charge in [-0.15, -0.1) is 0 Å². The Bertz CT molecular complexity index is 336. The van der Waals surface area contributed by atoms with Gasteiger partial charge in [-0.05, 0) is 32.4 Å². The third-order valence-corrected chi connectivity index (χ3v) is 2.34. The predicted octanol–water partition coefficient (Wildman–Crippen LogP) is 3.65. The summed E-state index contributed by atoms with van der Waals surface area (Å²) < 4.78 is 0. The van der Waals surface area contributed by atoms with Gasteiger partial charge in [0.15, 0.2) is 0 Å². The van der Waals surface area contributed by atoms with Crippen molar-refractivity contribution in [1.82, 2.24) is 5.32 Å². The number of hydrogen-bond acceptors (Lipinski definition) is 1. The van der Waals surface area contributed by atoms with Crippen molar-refractivity contribution in [2.45, 2.75) is 20.3 Å². The van der Waals surface area contributed by atoms with E-state index in [2.05, 4.69) is 61.7 Å². The molecule has 16 heavy (non-hydrogen) atoms. The SMILES string of the molecule is C/C=C/CCNC/C(C)=C/c1ccccc1. The average molecular weight is 215 g/mol. The summed E-state index contributed by atoms with van der Waals surface area (Å²) in [6, 6.07) is 10.4. The summed E-state index contributed by atoms with van der Waals surface area (Å²) >= 11 is 0. The van der Waals surface area contributed by atoms with Crippen molar-refractivity contribution in [3.05, 3.63) is 53.6 Å². The van der Waals surface area contributed by atoms with E-state index in [1.165, 1.54) is 11.1 Å². The summed E-state index contributed by atoms with van der Waals surface area (Å²) in [6.07, 6.45) is 7.61. The first kappa shape index (κ1) is 12.7. The van der Waals surface area contributed by atoms with Gasteiger partial charge in [0.2, 0.25) is 0 Å². The van der Waals surface area contributed by atoms with Gasteiger partial charge in [0.05, 0.1) is 0 Å². The van der Waals surface area contributed by atoms with E-state index < -0.39 is 0 Å². The molecule has 0 atom stereocenters. The first-order chi connectivity index (χ1) is 7.83. The second kappa shape index (κ2) is 7.89. The largest absolute Gasteiger partial charge is 0.313 e. The Morgan fingerprint density at radius 1 is 1.25 bits per heavy atom. The second-order valence-corrected chi connectivity index (χ2v) is 3.94. The molecular formula is C15H21N. The highest BCUT2D eigenvalue weighted by atomic mass is 14.8. The van der Waals surface area contributed by atoms with Crippen LogP contribution in [0.2, 0.25) is 0 Å². The summed E-state index contributed by atoms with van der Waals surface area (Å²) in [4.78, 5) is 0. The Kier molecular flexibility index (Phi) is 6.28. The van der Waals surface area contributed by atoms with E-state index in [-0.39, 0.29) is 0 Å². The summed E-state index contributed by atoms with van der Waals surface area (Å²) in [5.41, 5.74) is 2.64.